The van der Waals surface area contributed by atoms with Crippen LogP contribution in [0.5, 0.6) is 0 Å². The molecule has 0 atom stereocenters. The molecule has 6 heteroatoms. The SMILES string of the molecule is Cc1cc(N2CCN(c3ccc(N)nc3)CC2)nc(C(C)(C)C)n1. The van der Waals surface area contributed by atoms with Gasteiger partial charge in [0.1, 0.15) is 17.5 Å². The van der Waals surface area contributed by atoms with Gasteiger partial charge in [0, 0.05) is 43.4 Å². The molecule has 2 N–H and O–H groups in total. The molecule has 0 unspecified atom stereocenters. The van der Waals surface area contributed by atoms with E-state index in [0.717, 1.165) is 49.2 Å². The Hall–Kier alpha value is -2.37. The van der Waals surface area contributed by atoms with Crippen molar-refractivity contribution in [2.75, 3.05) is 41.7 Å². The van der Waals surface area contributed by atoms with Gasteiger partial charge >= 0.3 is 0 Å². The predicted octanol–water partition coefficient (Wildman–Crippen LogP) is 2.39. The summed E-state index contributed by atoms with van der Waals surface area (Å²) in [7, 11) is 0. The molecule has 1 aliphatic rings. The summed E-state index contributed by atoms with van der Waals surface area (Å²) in [6, 6.07) is 5.96. The van der Waals surface area contributed by atoms with Crippen LogP contribution in [0, 0.1) is 6.92 Å². The van der Waals surface area contributed by atoms with E-state index in [1.807, 2.05) is 25.3 Å². The fraction of sp³-hybridized carbons (Fsp3) is 0.500. The second-order valence-corrected chi connectivity index (χ2v) is 7.36. The van der Waals surface area contributed by atoms with E-state index in [4.69, 9.17) is 10.7 Å². The van der Waals surface area contributed by atoms with Gasteiger partial charge in [-0.15, -0.1) is 0 Å². The molecule has 3 heterocycles. The maximum Gasteiger partial charge on any atom is 0.136 e. The van der Waals surface area contributed by atoms with E-state index < -0.39 is 0 Å². The van der Waals surface area contributed by atoms with Crippen LogP contribution in [0.25, 0.3) is 0 Å². The lowest BCUT2D eigenvalue weighted by atomic mass is 9.95. The molecule has 0 spiro atoms. The molecule has 2 aromatic rings. The Morgan fingerprint density at radius 1 is 1.00 bits per heavy atom. The van der Waals surface area contributed by atoms with Gasteiger partial charge in [-0.25, -0.2) is 15.0 Å². The Balaban J connectivity index is 1.73. The lowest BCUT2D eigenvalue weighted by molar-refractivity contribution is 0.539. The first-order valence-electron chi connectivity index (χ1n) is 8.40. The van der Waals surface area contributed by atoms with Crippen molar-refractivity contribution in [1.29, 1.82) is 0 Å². The summed E-state index contributed by atoms with van der Waals surface area (Å²) in [5.74, 6) is 2.49. The highest BCUT2D eigenvalue weighted by molar-refractivity contribution is 5.50. The Morgan fingerprint density at radius 3 is 2.25 bits per heavy atom. The number of nitrogen functional groups attached to an aromatic ring is 1. The zero-order chi connectivity index (χ0) is 17.3. The average molecular weight is 326 g/mol. The van der Waals surface area contributed by atoms with Crippen LogP contribution in [0.2, 0.25) is 0 Å². The second kappa shape index (κ2) is 6.26. The van der Waals surface area contributed by atoms with Gasteiger partial charge in [0.25, 0.3) is 0 Å². The smallest absolute Gasteiger partial charge is 0.136 e. The number of nitrogens with two attached hydrogens (primary N) is 1. The van der Waals surface area contributed by atoms with Gasteiger partial charge in [-0.05, 0) is 19.1 Å². The van der Waals surface area contributed by atoms with E-state index in [2.05, 4.69) is 46.6 Å². The second-order valence-electron chi connectivity index (χ2n) is 7.36. The maximum atomic E-state index is 5.67. The summed E-state index contributed by atoms with van der Waals surface area (Å²) in [5, 5.41) is 0. The number of aromatic nitrogens is 3. The lowest BCUT2D eigenvalue weighted by Crippen LogP contribution is -2.47. The minimum Gasteiger partial charge on any atom is -0.384 e. The molecule has 3 rings (SSSR count). The van der Waals surface area contributed by atoms with E-state index in [-0.39, 0.29) is 5.41 Å². The van der Waals surface area contributed by atoms with Gasteiger partial charge in [0.05, 0.1) is 11.9 Å². The van der Waals surface area contributed by atoms with Crippen LogP contribution in [0.15, 0.2) is 24.4 Å². The van der Waals surface area contributed by atoms with Crippen LogP contribution in [0.4, 0.5) is 17.3 Å². The van der Waals surface area contributed by atoms with Gasteiger partial charge < -0.3 is 15.5 Å². The molecule has 0 saturated carbocycles. The van der Waals surface area contributed by atoms with Crippen molar-refractivity contribution in [2.24, 2.45) is 0 Å². The molecule has 0 amide bonds. The largest absolute Gasteiger partial charge is 0.384 e. The van der Waals surface area contributed by atoms with Crippen LogP contribution in [-0.2, 0) is 5.41 Å². The molecule has 0 aliphatic carbocycles. The fourth-order valence-corrected chi connectivity index (χ4v) is 2.83. The van der Waals surface area contributed by atoms with Gasteiger partial charge in [-0.1, -0.05) is 20.8 Å². The highest BCUT2D eigenvalue weighted by Gasteiger charge is 2.22. The van der Waals surface area contributed by atoms with Crippen LogP contribution < -0.4 is 15.5 Å². The van der Waals surface area contributed by atoms with Gasteiger partial charge in [-0.2, -0.15) is 0 Å². The third-order valence-corrected chi connectivity index (χ3v) is 4.25. The average Bonchev–Trinajstić information content (AvgIpc) is 2.54. The molecule has 24 heavy (non-hydrogen) atoms. The topological polar surface area (TPSA) is 71.2 Å². The van der Waals surface area contributed by atoms with E-state index in [0.29, 0.717) is 5.82 Å². The Bertz CT molecular complexity index is 696. The minimum atomic E-state index is -0.0434. The standard InChI is InChI=1S/C18H26N6/c1-13-11-16(22-17(21-13)18(2,3)4)24-9-7-23(8-10-24)14-5-6-15(19)20-12-14/h5-6,11-12H,7-10H2,1-4H3,(H2,19,20). The van der Waals surface area contributed by atoms with Crippen molar-refractivity contribution in [1.82, 2.24) is 15.0 Å². The third-order valence-electron chi connectivity index (χ3n) is 4.25. The first-order valence-corrected chi connectivity index (χ1v) is 8.40. The molecule has 1 saturated heterocycles. The lowest BCUT2D eigenvalue weighted by Gasteiger charge is -2.37. The number of anilines is 3. The van der Waals surface area contributed by atoms with Crippen molar-refractivity contribution < 1.29 is 0 Å². The first kappa shape index (κ1) is 16.5. The quantitative estimate of drug-likeness (QED) is 0.913. The van der Waals surface area contributed by atoms with E-state index >= 15 is 0 Å². The molecule has 2 aromatic heterocycles. The highest BCUT2D eigenvalue weighted by atomic mass is 15.3. The fourth-order valence-electron chi connectivity index (χ4n) is 2.83. The molecular formula is C18H26N6. The molecule has 0 radical (unpaired) electrons. The third kappa shape index (κ3) is 3.58. The Labute approximate surface area is 143 Å². The van der Waals surface area contributed by atoms with Crippen molar-refractivity contribution in [3.8, 4) is 0 Å². The van der Waals surface area contributed by atoms with Gasteiger partial charge in [0.15, 0.2) is 0 Å². The summed E-state index contributed by atoms with van der Waals surface area (Å²) in [6.07, 6.45) is 1.84. The molecule has 0 aromatic carbocycles. The van der Waals surface area contributed by atoms with Gasteiger partial charge in [0.2, 0.25) is 0 Å². The number of rotatable bonds is 2. The first-order chi connectivity index (χ1) is 11.3. The van der Waals surface area contributed by atoms with Crippen molar-refractivity contribution in [3.63, 3.8) is 0 Å². The number of piperazine rings is 1. The van der Waals surface area contributed by atoms with E-state index in [1.165, 1.54) is 0 Å². The summed E-state index contributed by atoms with van der Waals surface area (Å²) >= 11 is 0. The Morgan fingerprint density at radius 2 is 1.67 bits per heavy atom. The summed E-state index contributed by atoms with van der Waals surface area (Å²) < 4.78 is 0. The molecule has 1 aliphatic heterocycles. The van der Waals surface area contributed by atoms with Crippen molar-refractivity contribution in [2.45, 2.75) is 33.1 Å². The normalized spacial score (nSPS) is 15.7. The van der Waals surface area contributed by atoms with Crippen LogP contribution >= 0.6 is 0 Å². The number of hydrogen-bond donors (Lipinski definition) is 1. The number of aryl methyl sites for hydroxylation is 1. The van der Waals surface area contributed by atoms with E-state index in [1.54, 1.807) is 0 Å². The summed E-state index contributed by atoms with van der Waals surface area (Å²) in [5.41, 5.74) is 7.77. The van der Waals surface area contributed by atoms with Crippen LogP contribution in [-0.4, -0.2) is 41.1 Å². The molecule has 128 valence electrons. The van der Waals surface area contributed by atoms with Crippen molar-refractivity contribution in [3.05, 3.63) is 35.9 Å². The number of pyridine rings is 1. The van der Waals surface area contributed by atoms with E-state index in [9.17, 15) is 0 Å². The predicted molar refractivity (Wildman–Crippen MR) is 98.5 cm³/mol. The monoisotopic (exact) mass is 326 g/mol. The zero-order valence-corrected chi connectivity index (χ0v) is 15.0. The number of nitrogens with zero attached hydrogens (tertiary/aromatic N) is 5. The minimum absolute atomic E-state index is 0.0434. The van der Waals surface area contributed by atoms with Crippen molar-refractivity contribution >= 4 is 17.3 Å². The van der Waals surface area contributed by atoms with Crippen LogP contribution in [0.1, 0.15) is 32.3 Å². The Kier molecular flexibility index (Phi) is 4.30. The molecular weight excluding hydrogens is 300 g/mol. The van der Waals surface area contributed by atoms with Gasteiger partial charge in [-0.3, -0.25) is 0 Å². The highest BCUT2D eigenvalue weighted by Crippen LogP contribution is 2.24. The summed E-state index contributed by atoms with van der Waals surface area (Å²) in [6.45, 7) is 12.2. The maximum absolute atomic E-state index is 5.67. The molecule has 0 bridgehead atoms. The number of hydrogen-bond acceptors (Lipinski definition) is 6. The molecule has 1 fully saturated rings. The zero-order valence-electron chi connectivity index (χ0n) is 15.0. The van der Waals surface area contributed by atoms with Crippen LogP contribution in [0.3, 0.4) is 0 Å². The summed E-state index contributed by atoms with van der Waals surface area (Å²) in [4.78, 5) is 18.3. The molecule has 6 nitrogen and oxygen atoms in total.